The van der Waals surface area contributed by atoms with E-state index < -0.39 is 4.92 Å². The van der Waals surface area contributed by atoms with Crippen molar-refractivity contribution in [2.24, 2.45) is 0 Å². The van der Waals surface area contributed by atoms with E-state index >= 15 is 0 Å². The van der Waals surface area contributed by atoms with Gasteiger partial charge < -0.3 is 10.1 Å². The number of hydrogen-bond acceptors (Lipinski definition) is 6. The Bertz CT molecular complexity index is 629. The van der Waals surface area contributed by atoms with Gasteiger partial charge in [-0.25, -0.2) is 0 Å². The van der Waals surface area contributed by atoms with E-state index in [2.05, 4.69) is 15.3 Å². The number of para-hydroxylation sites is 1. The number of nitro benzene ring substituents is 1. The second-order valence-electron chi connectivity index (χ2n) is 4.35. The molecular formula is C14H16N4O3. The lowest BCUT2D eigenvalue weighted by molar-refractivity contribution is -0.384. The largest absolute Gasteiger partial charge is 0.487 e. The van der Waals surface area contributed by atoms with Crippen molar-refractivity contribution in [3.63, 3.8) is 0 Å². The molecule has 0 saturated carbocycles. The average molecular weight is 288 g/mol. The highest BCUT2D eigenvalue weighted by Crippen LogP contribution is 2.34. The number of nitrogens with one attached hydrogen (secondary N) is 1. The summed E-state index contributed by atoms with van der Waals surface area (Å²) in [5.74, 6) is 0.252. The number of benzene rings is 1. The van der Waals surface area contributed by atoms with Gasteiger partial charge >= 0.3 is 5.69 Å². The Kier molecular flexibility index (Phi) is 4.65. The third kappa shape index (κ3) is 3.65. The second-order valence-corrected chi connectivity index (χ2v) is 4.35. The molecule has 0 saturated heterocycles. The summed E-state index contributed by atoms with van der Waals surface area (Å²) in [5, 5.41) is 14.2. The summed E-state index contributed by atoms with van der Waals surface area (Å²) >= 11 is 0. The van der Waals surface area contributed by atoms with Gasteiger partial charge in [0, 0.05) is 6.20 Å². The topological polar surface area (TPSA) is 90.2 Å². The molecule has 1 aromatic carbocycles. The number of aryl methyl sites for hydroxylation is 1. The SMILES string of the molecule is CCOc1cccc(NCc2cnc(C)cn2)c1[N+](=O)[O-]. The number of nitrogens with zero attached hydrogens (tertiary/aromatic N) is 3. The molecule has 0 unspecified atom stereocenters. The van der Waals surface area contributed by atoms with Gasteiger partial charge in [0.2, 0.25) is 0 Å². The van der Waals surface area contributed by atoms with E-state index in [9.17, 15) is 10.1 Å². The second kappa shape index (κ2) is 6.65. The molecule has 0 atom stereocenters. The number of nitro groups is 1. The van der Waals surface area contributed by atoms with Crippen LogP contribution in [0.5, 0.6) is 5.75 Å². The predicted octanol–water partition coefficient (Wildman–Crippen LogP) is 2.70. The summed E-state index contributed by atoms with van der Waals surface area (Å²) in [6.45, 7) is 4.35. The van der Waals surface area contributed by atoms with Gasteiger partial charge in [-0.1, -0.05) is 6.07 Å². The number of rotatable bonds is 6. The van der Waals surface area contributed by atoms with Crippen molar-refractivity contribution >= 4 is 11.4 Å². The molecule has 1 heterocycles. The fourth-order valence-corrected chi connectivity index (χ4v) is 1.82. The number of ether oxygens (including phenoxy) is 1. The first-order valence-electron chi connectivity index (χ1n) is 6.53. The molecule has 7 nitrogen and oxygen atoms in total. The normalized spacial score (nSPS) is 10.2. The first kappa shape index (κ1) is 14.7. The zero-order valence-electron chi connectivity index (χ0n) is 11.9. The maximum atomic E-state index is 11.2. The van der Waals surface area contributed by atoms with Crippen molar-refractivity contribution in [3.05, 3.63) is 52.1 Å². The molecule has 1 aromatic heterocycles. The van der Waals surface area contributed by atoms with Crippen LogP contribution in [-0.2, 0) is 6.54 Å². The van der Waals surface area contributed by atoms with Crippen molar-refractivity contribution in [3.8, 4) is 5.75 Å². The van der Waals surface area contributed by atoms with Crippen LogP contribution in [0.15, 0.2) is 30.6 Å². The van der Waals surface area contributed by atoms with Gasteiger partial charge in [0.15, 0.2) is 5.75 Å². The van der Waals surface area contributed by atoms with Crippen LogP contribution in [0.2, 0.25) is 0 Å². The van der Waals surface area contributed by atoms with Crippen molar-refractivity contribution in [1.82, 2.24) is 9.97 Å². The van der Waals surface area contributed by atoms with Crippen LogP contribution < -0.4 is 10.1 Å². The molecule has 2 rings (SSSR count). The van der Waals surface area contributed by atoms with Gasteiger partial charge in [-0.2, -0.15) is 0 Å². The lowest BCUT2D eigenvalue weighted by Gasteiger charge is -2.10. The van der Waals surface area contributed by atoms with Gasteiger partial charge in [-0.3, -0.25) is 20.1 Å². The minimum Gasteiger partial charge on any atom is -0.487 e. The maximum absolute atomic E-state index is 11.2. The zero-order chi connectivity index (χ0) is 15.2. The van der Waals surface area contributed by atoms with Gasteiger partial charge in [-0.15, -0.1) is 0 Å². The fraction of sp³-hybridized carbons (Fsp3) is 0.286. The Morgan fingerprint density at radius 1 is 1.33 bits per heavy atom. The minimum atomic E-state index is -0.450. The molecule has 0 fully saturated rings. The Morgan fingerprint density at radius 3 is 2.76 bits per heavy atom. The van der Waals surface area contributed by atoms with Crippen LogP contribution in [-0.4, -0.2) is 21.5 Å². The van der Waals surface area contributed by atoms with Gasteiger partial charge in [0.25, 0.3) is 0 Å². The summed E-state index contributed by atoms with van der Waals surface area (Å²) in [6.07, 6.45) is 3.29. The molecule has 0 aliphatic carbocycles. The quantitative estimate of drug-likeness (QED) is 0.649. The summed E-state index contributed by atoms with van der Waals surface area (Å²) in [5.41, 5.74) is 1.85. The molecule has 21 heavy (non-hydrogen) atoms. The Labute approximate surface area is 122 Å². The highest BCUT2D eigenvalue weighted by Gasteiger charge is 2.20. The lowest BCUT2D eigenvalue weighted by Crippen LogP contribution is -2.06. The molecular weight excluding hydrogens is 272 g/mol. The van der Waals surface area contributed by atoms with Gasteiger partial charge in [0.05, 0.1) is 35.7 Å². The van der Waals surface area contributed by atoms with Crippen molar-refractivity contribution in [2.45, 2.75) is 20.4 Å². The first-order chi connectivity index (χ1) is 10.1. The highest BCUT2D eigenvalue weighted by atomic mass is 16.6. The first-order valence-corrected chi connectivity index (χ1v) is 6.53. The smallest absolute Gasteiger partial charge is 0.333 e. The fourth-order valence-electron chi connectivity index (χ4n) is 1.82. The van der Waals surface area contributed by atoms with E-state index in [1.54, 1.807) is 37.5 Å². The summed E-state index contributed by atoms with van der Waals surface area (Å²) in [7, 11) is 0. The number of aromatic nitrogens is 2. The summed E-state index contributed by atoms with van der Waals surface area (Å²) < 4.78 is 5.30. The van der Waals surface area contributed by atoms with Crippen molar-refractivity contribution in [2.75, 3.05) is 11.9 Å². The molecule has 1 N–H and O–H groups in total. The van der Waals surface area contributed by atoms with E-state index in [-0.39, 0.29) is 11.4 Å². The molecule has 2 aromatic rings. The standard InChI is InChI=1S/C14H16N4O3/c1-3-21-13-6-4-5-12(14(13)18(19)20)17-9-11-8-15-10(2)7-16-11/h4-8,17H,3,9H2,1-2H3. The van der Waals surface area contributed by atoms with E-state index in [0.29, 0.717) is 24.5 Å². The van der Waals surface area contributed by atoms with Crippen molar-refractivity contribution in [1.29, 1.82) is 0 Å². The van der Waals surface area contributed by atoms with Crippen LogP contribution in [0.25, 0.3) is 0 Å². The number of anilines is 1. The van der Waals surface area contributed by atoms with Crippen LogP contribution in [0.4, 0.5) is 11.4 Å². The minimum absolute atomic E-state index is 0.0700. The van der Waals surface area contributed by atoms with Crippen LogP contribution in [0.3, 0.4) is 0 Å². The molecule has 0 bridgehead atoms. The number of hydrogen-bond donors (Lipinski definition) is 1. The summed E-state index contributed by atoms with van der Waals surface area (Å²) in [4.78, 5) is 19.1. The molecule has 0 radical (unpaired) electrons. The molecule has 7 heteroatoms. The highest BCUT2D eigenvalue weighted by molar-refractivity contribution is 5.68. The zero-order valence-corrected chi connectivity index (χ0v) is 11.9. The van der Waals surface area contributed by atoms with E-state index in [1.807, 2.05) is 6.92 Å². The Hall–Kier alpha value is -2.70. The molecule has 0 aliphatic rings. The third-order valence-electron chi connectivity index (χ3n) is 2.78. The van der Waals surface area contributed by atoms with E-state index in [4.69, 9.17) is 4.74 Å². The van der Waals surface area contributed by atoms with E-state index in [1.165, 1.54) is 0 Å². The monoisotopic (exact) mass is 288 g/mol. The Morgan fingerprint density at radius 2 is 2.14 bits per heavy atom. The molecule has 110 valence electrons. The third-order valence-corrected chi connectivity index (χ3v) is 2.78. The van der Waals surface area contributed by atoms with Gasteiger partial charge in [0.1, 0.15) is 5.69 Å². The van der Waals surface area contributed by atoms with Crippen LogP contribution in [0, 0.1) is 17.0 Å². The average Bonchev–Trinajstić information content (AvgIpc) is 2.47. The van der Waals surface area contributed by atoms with Gasteiger partial charge in [-0.05, 0) is 26.0 Å². The van der Waals surface area contributed by atoms with E-state index in [0.717, 1.165) is 5.69 Å². The molecule has 0 aliphatic heterocycles. The Balaban J connectivity index is 2.21. The predicted molar refractivity (Wildman–Crippen MR) is 78.4 cm³/mol. The van der Waals surface area contributed by atoms with Crippen LogP contribution in [0.1, 0.15) is 18.3 Å². The lowest BCUT2D eigenvalue weighted by atomic mass is 10.2. The molecule has 0 spiro atoms. The maximum Gasteiger partial charge on any atom is 0.333 e. The molecule has 0 amide bonds. The van der Waals surface area contributed by atoms with Crippen molar-refractivity contribution < 1.29 is 9.66 Å². The summed E-state index contributed by atoms with van der Waals surface area (Å²) in [6, 6.07) is 4.93. The van der Waals surface area contributed by atoms with Crippen LogP contribution >= 0.6 is 0 Å².